The first kappa shape index (κ1) is 13.1. The Morgan fingerprint density at radius 1 is 1.14 bits per heavy atom. The normalized spacial score (nSPS) is 10.5. The maximum Gasteiger partial charge on any atom is 0.339 e. The summed E-state index contributed by atoms with van der Waals surface area (Å²) in [4.78, 5) is 19.3. The number of carboxylic acid groups (broad SMARTS) is 1. The molecule has 0 aliphatic heterocycles. The van der Waals surface area contributed by atoms with Crippen molar-refractivity contribution in [1.82, 2.24) is 9.97 Å². The van der Waals surface area contributed by atoms with E-state index >= 15 is 0 Å². The first-order valence-electron chi connectivity index (χ1n) is 6.38. The van der Waals surface area contributed by atoms with Gasteiger partial charge in [-0.05, 0) is 18.2 Å². The Bertz CT molecular complexity index is 797. The lowest BCUT2D eigenvalue weighted by atomic mass is 10.1. The maximum atomic E-state index is 11.1. The first-order chi connectivity index (χ1) is 10.3. The molecule has 2 heterocycles. The molecule has 2 aromatic heterocycles. The number of rotatable bonds is 4. The topological polar surface area (TPSA) is 72.3 Å². The van der Waals surface area contributed by atoms with Crippen molar-refractivity contribution < 1.29 is 14.6 Å². The molecule has 0 saturated carbocycles. The lowest BCUT2D eigenvalue weighted by molar-refractivity contribution is 0.0691. The predicted molar refractivity (Wildman–Crippen MR) is 77.3 cm³/mol. The van der Waals surface area contributed by atoms with Gasteiger partial charge < -0.3 is 9.84 Å². The first-order valence-corrected chi connectivity index (χ1v) is 6.38. The second kappa shape index (κ2) is 5.58. The van der Waals surface area contributed by atoms with Gasteiger partial charge in [0.2, 0.25) is 0 Å². The Labute approximate surface area is 120 Å². The number of pyridine rings is 2. The second-order valence-corrected chi connectivity index (χ2v) is 4.45. The molecule has 3 aromatic rings. The van der Waals surface area contributed by atoms with E-state index in [1.165, 1.54) is 18.5 Å². The van der Waals surface area contributed by atoms with Crippen LogP contribution in [0.3, 0.4) is 0 Å². The third-order valence-corrected chi connectivity index (χ3v) is 3.14. The van der Waals surface area contributed by atoms with Crippen LogP contribution >= 0.6 is 0 Å². The van der Waals surface area contributed by atoms with Gasteiger partial charge in [0.05, 0.1) is 11.7 Å². The SMILES string of the molecule is O=C(O)c1ccncc1OCc1ccnc2ccccc12. The molecule has 5 nitrogen and oxygen atoms in total. The summed E-state index contributed by atoms with van der Waals surface area (Å²) < 4.78 is 5.62. The van der Waals surface area contributed by atoms with Crippen LogP contribution in [0.1, 0.15) is 15.9 Å². The van der Waals surface area contributed by atoms with Gasteiger partial charge in [0.1, 0.15) is 12.2 Å². The van der Waals surface area contributed by atoms with E-state index in [4.69, 9.17) is 9.84 Å². The van der Waals surface area contributed by atoms with Gasteiger partial charge in [-0.1, -0.05) is 18.2 Å². The number of nitrogens with zero attached hydrogens (tertiary/aromatic N) is 2. The van der Waals surface area contributed by atoms with E-state index in [0.29, 0.717) is 0 Å². The van der Waals surface area contributed by atoms with Crippen LogP contribution in [-0.4, -0.2) is 21.0 Å². The summed E-state index contributed by atoms with van der Waals surface area (Å²) >= 11 is 0. The Morgan fingerprint density at radius 3 is 2.86 bits per heavy atom. The van der Waals surface area contributed by atoms with Crippen LogP contribution in [-0.2, 0) is 6.61 Å². The van der Waals surface area contributed by atoms with Gasteiger partial charge in [0, 0.05) is 23.3 Å². The zero-order chi connectivity index (χ0) is 14.7. The number of hydrogen-bond acceptors (Lipinski definition) is 4. The molecular formula is C16H12N2O3. The molecule has 0 aliphatic rings. The van der Waals surface area contributed by atoms with Crippen LogP contribution in [0, 0.1) is 0 Å². The molecule has 0 amide bonds. The smallest absolute Gasteiger partial charge is 0.339 e. The van der Waals surface area contributed by atoms with E-state index in [0.717, 1.165) is 16.5 Å². The molecule has 0 bridgehead atoms. The van der Waals surface area contributed by atoms with Gasteiger partial charge in [0.15, 0.2) is 5.75 Å². The van der Waals surface area contributed by atoms with Gasteiger partial charge in [-0.15, -0.1) is 0 Å². The fraction of sp³-hybridized carbons (Fsp3) is 0.0625. The van der Waals surface area contributed by atoms with Crippen molar-refractivity contribution in [3.63, 3.8) is 0 Å². The molecule has 21 heavy (non-hydrogen) atoms. The molecule has 0 saturated heterocycles. The highest BCUT2D eigenvalue weighted by molar-refractivity contribution is 5.90. The molecule has 0 aliphatic carbocycles. The summed E-state index contributed by atoms with van der Waals surface area (Å²) in [5.74, 6) is -0.780. The number of ether oxygens (including phenoxy) is 1. The van der Waals surface area contributed by atoms with Crippen molar-refractivity contribution in [1.29, 1.82) is 0 Å². The monoisotopic (exact) mass is 280 g/mol. The minimum atomic E-state index is -1.04. The number of fused-ring (bicyclic) bond motifs is 1. The number of benzene rings is 1. The van der Waals surface area contributed by atoms with E-state index < -0.39 is 5.97 Å². The average Bonchev–Trinajstić information content (AvgIpc) is 2.53. The zero-order valence-corrected chi connectivity index (χ0v) is 11.1. The Morgan fingerprint density at radius 2 is 2.00 bits per heavy atom. The van der Waals surface area contributed by atoms with Crippen molar-refractivity contribution in [2.45, 2.75) is 6.61 Å². The van der Waals surface area contributed by atoms with Crippen LogP contribution in [0.5, 0.6) is 5.75 Å². The van der Waals surface area contributed by atoms with Gasteiger partial charge in [-0.2, -0.15) is 0 Å². The molecule has 0 unspecified atom stereocenters. The molecule has 0 atom stereocenters. The molecular weight excluding hydrogens is 268 g/mol. The summed E-state index contributed by atoms with van der Waals surface area (Å²) in [5.41, 5.74) is 1.92. The number of aromatic carboxylic acids is 1. The standard InChI is InChI=1S/C16H12N2O3/c19-16(20)13-6-7-17-9-15(13)21-10-11-5-8-18-14-4-2-1-3-12(11)14/h1-9H,10H2,(H,19,20). The van der Waals surface area contributed by atoms with Crippen molar-refractivity contribution in [3.05, 3.63) is 66.1 Å². The predicted octanol–water partition coefficient (Wildman–Crippen LogP) is 2.91. The summed E-state index contributed by atoms with van der Waals surface area (Å²) in [6, 6.07) is 11.0. The molecule has 1 aromatic carbocycles. The Balaban J connectivity index is 1.89. The Hall–Kier alpha value is -2.95. The molecule has 0 spiro atoms. The Kier molecular flexibility index (Phi) is 3.47. The van der Waals surface area contributed by atoms with E-state index in [1.807, 2.05) is 30.3 Å². The second-order valence-electron chi connectivity index (χ2n) is 4.45. The molecule has 1 N–H and O–H groups in total. The third kappa shape index (κ3) is 2.67. The highest BCUT2D eigenvalue weighted by Crippen LogP contribution is 2.21. The molecule has 0 fully saturated rings. The number of aromatic nitrogens is 2. The zero-order valence-electron chi connectivity index (χ0n) is 11.1. The lowest BCUT2D eigenvalue weighted by Gasteiger charge is -2.10. The van der Waals surface area contributed by atoms with Gasteiger partial charge in [0.25, 0.3) is 0 Å². The summed E-state index contributed by atoms with van der Waals surface area (Å²) in [5, 5.41) is 10.1. The highest BCUT2D eigenvalue weighted by Gasteiger charge is 2.11. The van der Waals surface area contributed by atoms with E-state index in [-0.39, 0.29) is 17.9 Å². The molecule has 5 heteroatoms. The number of hydrogen-bond donors (Lipinski definition) is 1. The van der Waals surface area contributed by atoms with Gasteiger partial charge >= 0.3 is 5.97 Å². The fourth-order valence-corrected chi connectivity index (χ4v) is 2.11. The average molecular weight is 280 g/mol. The van der Waals surface area contributed by atoms with E-state index in [1.54, 1.807) is 6.20 Å². The number of para-hydroxylation sites is 1. The molecule has 3 rings (SSSR count). The van der Waals surface area contributed by atoms with Crippen molar-refractivity contribution in [3.8, 4) is 5.75 Å². The largest absolute Gasteiger partial charge is 0.486 e. The van der Waals surface area contributed by atoms with E-state index in [9.17, 15) is 4.79 Å². The third-order valence-electron chi connectivity index (χ3n) is 3.14. The fourth-order valence-electron chi connectivity index (χ4n) is 2.11. The van der Waals surface area contributed by atoms with Gasteiger partial charge in [-0.25, -0.2) is 4.79 Å². The highest BCUT2D eigenvalue weighted by atomic mass is 16.5. The number of carboxylic acids is 1. The molecule has 104 valence electrons. The van der Waals surface area contributed by atoms with E-state index in [2.05, 4.69) is 9.97 Å². The number of carbonyl (C=O) groups is 1. The summed E-state index contributed by atoms with van der Waals surface area (Å²) in [6.07, 6.45) is 4.55. The summed E-state index contributed by atoms with van der Waals surface area (Å²) in [6.45, 7) is 0.259. The van der Waals surface area contributed by atoms with Crippen LogP contribution < -0.4 is 4.74 Å². The van der Waals surface area contributed by atoms with Crippen molar-refractivity contribution in [2.75, 3.05) is 0 Å². The minimum absolute atomic E-state index is 0.100. The summed E-state index contributed by atoms with van der Waals surface area (Å²) in [7, 11) is 0. The van der Waals surface area contributed by atoms with Crippen LogP contribution in [0.2, 0.25) is 0 Å². The van der Waals surface area contributed by atoms with Crippen LogP contribution in [0.25, 0.3) is 10.9 Å². The maximum absolute atomic E-state index is 11.1. The minimum Gasteiger partial charge on any atom is -0.486 e. The quantitative estimate of drug-likeness (QED) is 0.795. The molecule has 0 radical (unpaired) electrons. The lowest BCUT2D eigenvalue weighted by Crippen LogP contribution is -2.04. The van der Waals surface area contributed by atoms with Crippen molar-refractivity contribution >= 4 is 16.9 Å². The van der Waals surface area contributed by atoms with Crippen molar-refractivity contribution in [2.24, 2.45) is 0 Å². The van der Waals surface area contributed by atoms with Crippen LogP contribution in [0.15, 0.2) is 55.0 Å². The van der Waals surface area contributed by atoms with Crippen LogP contribution in [0.4, 0.5) is 0 Å². The van der Waals surface area contributed by atoms with Gasteiger partial charge in [-0.3, -0.25) is 9.97 Å².